The summed E-state index contributed by atoms with van der Waals surface area (Å²) in [6, 6.07) is 4.89. The molecule has 0 aromatic heterocycles. The summed E-state index contributed by atoms with van der Waals surface area (Å²) in [4.78, 5) is 32.9. The molecule has 90 valence electrons. The zero-order valence-corrected chi connectivity index (χ0v) is 8.92. The topological polar surface area (TPSA) is 109 Å². The number of phenols is 1. The smallest absolute Gasteiger partial charge is 0.255 e. The van der Waals surface area contributed by atoms with Crippen LogP contribution < -0.4 is 11.1 Å². The molecule has 0 aliphatic rings. The largest absolute Gasteiger partial charge is 0.507 e. The Morgan fingerprint density at radius 2 is 2.06 bits per heavy atom. The maximum Gasteiger partial charge on any atom is 0.255 e. The molecular formula is C11H12N2O4. The van der Waals surface area contributed by atoms with Gasteiger partial charge in [0.25, 0.3) is 5.91 Å². The van der Waals surface area contributed by atoms with E-state index in [1.165, 1.54) is 12.1 Å². The molecule has 6 heteroatoms. The Kier molecular flexibility index (Phi) is 4.21. The van der Waals surface area contributed by atoms with E-state index < -0.39 is 17.9 Å². The second kappa shape index (κ2) is 5.64. The van der Waals surface area contributed by atoms with Crippen molar-refractivity contribution in [2.24, 2.45) is 5.73 Å². The van der Waals surface area contributed by atoms with Gasteiger partial charge in [0.05, 0.1) is 18.0 Å². The summed E-state index contributed by atoms with van der Waals surface area (Å²) < 4.78 is 0. The first-order chi connectivity index (χ1) is 8.04. The molecular weight excluding hydrogens is 224 g/mol. The van der Waals surface area contributed by atoms with Gasteiger partial charge in [0, 0.05) is 0 Å². The number of para-hydroxylation sites is 1. The molecule has 0 unspecified atom stereocenters. The Morgan fingerprint density at radius 1 is 1.41 bits per heavy atom. The van der Waals surface area contributed by atoms with Crippen LogP contribution in [0.3, 0.4) is 0 Å². The molecule has 4 N–H and O–H groups in total. The molecule has 17 heavy (non-hydrogen) atoms. The molecule has 0 aliphatic carbocycles. The van der Waals surface area contributed by atoms with Gasteiger partial charge in [0.1, 0.15) is 12.0 Å². The Bertz CT molecular complexity index is 445. The monoisotopic (exact) mass is 236 g/mol. The zero-order valence-electron chi connectivity index (χ0n) is 8.92. The SMILES string of the molecule is NC(=O)C[C@H](C=O)NC(=O)c1ccccc1O. The number of amides is 2. The van der Waals surface area contributed by atoms with Gasteiger partial charge < -0.3 is 21.0 Å². The molecule has 2 amide bonds. The molecule has 6 nitrogen and oxygen atoms in total. The summed E-state index contributed by atoms with van der Waals surface area (Å²) in [6.07, 6.45) is 0.144. The van der Waals surface area contributed by atoms with Crippen molar-refractivity contribution >= 4 is 18.1 Å². The quantitative estimate of drug-likeness (QED) is 0.602. The van der Waals surface area contributed by atoms with Crippen molar-refractivity contribution in [2.45, 2.75) is 12.5 Å². The van der Waals surface area contributed by atoms with Gasteiger partial charge in [-0.1, -0.05) is 12.1 Å². The van der Waals surface area contributed by atoms with Crippen LogP contribution in [0.15, 0.2) is 24.3 Å². The summed E-state index contributed by atoms with van der Waals surface area (Å²) in [6.45, 7) is 0. The number of aromatic hydroxyl groups is 1. The second-order valence-electron chi connectivity index (χ2n) is 3.40. The third-order valence-corrected chi connectivity index (χ3v) is 2.05. The van der Waals surface area contributed by atoms with Crippen molar-refractivity contribution in [2.75, 3.05) is 0 Å². The predicted molar refractivity (Wildman–Crippen MR) is 59.2 cm³/mol. The van der Waals surface area contributed by atoms with E-state index in [-0.39, 0.29) is 17.7 Å². The summed E-state index contributed by atoms with van der Waals surface area (Å²) >= 11 is 0. The summed E-state index contributed by atoms with van der Waals surface area (Å²) in [7, 11) is 0. The van der Waals surface area contributed by atoms with Crippen LogP contribution in [0.25, 0.3) is 0 Å². The second-order valence-corrected chi connectivity index (χ2v) is 3.40. The van der Waals surface area contributed by atoms with Gasteiger partial charge in [-0.05, 0) is 12.1 Å². The molecule has 0 bridgehead atoms. The Labute approximate surface area is 97.4 Å². The number of nitrogens with two attached hydrogens (primary N) is 1. The molecule has 1 aromatic rings. The molecule has 0 fully saturated rings. The van der Waals surface area contributed by atoms with E-state index in [1.54, 1.807) is 12.1 Å². The molecule has 0 heterocycles. The lowest BCUT2D eigenvalue weighted by Crippen LogP contribution is -2.38. The maximum absolute atomic E-state index is 11.6. The molecule has 0 saturated carbocycles. The number of hydrogen-bond acceptors (Lipinski definition) is 4. The number of benzene rings is 1. The number of phenolic OH excluding ortho intramolecular Hbond substituents is 1. The molecule has 0 spiro atoms. The highest BCUT2D eigenvalue weighted by Gasteiger charge is 2.16. The fraction of sp³-hybridized carbons (Fsp3) is 0.182. The van der Waals surface area contributed by atoms with E-state index in [1.807, 2.05) is 0 Å². The third kappa shape index (κ3) is 3.60. The van der Waals surface area contributed by atoms with Crippen LogP contribution in [0.4, 0.5) is 0 Å². The fourth-order valence-electron chi connectivity index (χ4n) is 1.26. The van der Waals surface area contributed by atoms with Gasteiger partial charge in [0.2, 0.25) is 5.91 Å². The van der Waals surface area contributed by atoms with Crippen molar-refractivity contribution in [1.29, 1.82) is 0 Å². The summed E-state index contributed by atoms with van der Waals surface area (Å²) in [5.41, 5.74) is 4.95. The molecule has 0 saturated heterocycles. The average molecular weight is 236 g/mol. The van der Waals surface area contributed by atoms with Crippen molar-refractivity contribution in [3.8, 4) is 5.75 Å². The number of aldehydes is 1. The van der Waals surface area contributed by atoms with Gasteiger partial charge in [-0.15, -0.1) is 0 Å². The van der Waals surface area contributed by atoms with Crippen molar-refractivity contribution in [1.82, 2.24) is 5.32 Å². The van der Waals surface area contributed by atoms with Crippen LogP contribution in [0.5, 0.6) is 5.75 Å². The normalized spacial score (nSPS) is 11.5. The molecule has 0 radical (unpaired) electrons. The van der Waals surface area contributed by atoms with E-state index in [9.17, 15) is 19.5 Å². The van der Waals surface area contributed by atoms with Crippen molar-refractivity contribution in [3.63, 3.8) is 0 Å². The number of rotatable bonds is 5. The number of primary amides is 1. The van der Waals surface area contributed by atoms with Crippen molar-refractivity contribution < 1.29 is 19.5 Å². The zero-order chi connectivity index (χ0) is 12.8. The van der Waals surface area contributed by atoms with Crippen LogP contribution in [-0.2, 0) is 9.59 Å². The Hall–Kier alpha value is -2.37. The van der Waals surface area contributed by atoms with Gasteiger partial charge in [-0.3, -0.25) is 9.59 Å². The summed E-state index contributed by atoms with van der Waals surface area (Å²) in [5.74, 6) is -1.53. The fourth-order valence-corrected chi connectivity index (χ4v) is 1.26. The van der Waals surface area contributed by atoms with E-state index in [0.717, 1.165) is 0 Å². The van der Waals surface area contributed by atoms with E-state index >= 15 is 0 Å². The van der Waals surface area contributed by atoms with E-state index in [2.05, 4.69) is 5.32 Å². The number of nitrogens with one attached hydrogen (secondary N) is 1. The maximum atomic E-state index is 11.6. The van der Waals surface area contributed by atoms with Crippen LogP contribution in [0.1, 0.15) is 16.8 Å². The first kappa shape index (κ1) is 12.7. The lowest BCUT2D eigenvalue weighted by Gasteiger charge is -2.11. The van der Waals surface area contributed by atoms with Gasteiger partial charge in [-0.2, -0.15) is 0 Å². The minimum atomic E-state index is -0.986. The lowest BCUT2D eigenvalue weighted by atomic mass is 10.1. The highest BCUT2D eigenvalue weighted by atomic mass is 16.3. The number of carbonyl (C=O) groups excluding carboxylic acids is 3. The standard InChI is InChI=1S/C11H12N2O4/c12-10(16)5-7(6-14)13-11(17)8-3-1-2-4-9(8)15/h1-4,6-7,15H,5H2,(H2,12,16)(H,13,17)/t7-/m1/s1. The van der Waals surface area contributed by atoms with Gasteiger partial charge >= 0.3 is 0 Å². The van der Waals surface area contributed by atoms with Gasteiger partial charge in [0.15, 0.2) is 0 Å². The average Bonchev–Trinajstić information content (AvgIpc) is 2.27. The third-order valence-electron chi connectivity index (χ3n) is 2.05. The first-order valence-corrected chi connectivity index (χ1v) is 4.87. The molecule has 1 aromatic carbocycles. The predicted octanol–water partition coefficient (Wildman–Crippen LogP) is -0.435. The van der Waals surface area contributed by atoms with E-state index in [0.29, 0.717) is 6.29 Å². The molecule has 1 rings (SSSR count). The lowest BCUT2D eigenvalue weighted by molar-refractivity contribution is -0.120. The number of carbonyl (C=O) groups is 3. The molecule has 0 aliphatic heterocycles. The minimum Gasteiger partial charge on any atom is -0.507 e. The molecule has 1 atom stereocenters. The van der Waals surface area contributed by atoms with Crippen LogP contribution >= 0.6 is 0 Å². The highest BCUT2D eigenvalue weighted by Crippen LogP contribution is 2.15. The number of hydrogen-bond donors (Lipinski definition) is 3. The van der Waals surface area contributed by atoms with Crippen LogP contribution in [0, 0.1) is 0 Å². The van der Waals surface area contributed by atoms with Gasteiger partial charge in [-0.25, -0.2) is 0 Å². The van der Waals surface area contributed by atoms with Crippen LogP contribution in [-0.4, -0.2) is 29.2 Å². The van der Waals surface area contributed by atoms with Crippen molar-refractivity contribution in [3.05, 3.63) is 29.8 Å². The first-order valence-electron chi connectivity index (χ1n) is 4.87. The van der Waals surface area contributed by atoms with E-state index in [4.69, 9.17) is 5.73 Å². The Morgan fingerprint density at radius 3 is 2.59 bits per heavy atom. The summed E-state index contributed by atoms with van der Waals surface area (Å²) in [5, 5.41) is 11.7. The Balaban J connectivity index is 2.74. The van der Waals surface area contributed by atoms with Crippen LogP contribution in [0.2, 0.25) is 0 Å². The highest BCUT2D eigenvalue weighted by molar-refractivity contribution is 5.98. The minimum absolute atomic E-state index is 0.0313.